The van der Waals surface area contributed by atoms with Crippen LogP contribution in [0.5, 0.6) is 5.75 Å². The van der Waals surface area contributed by atoms with E-state index >= 15 is 0 Å². The van der Waals surface area contributed by atoms with Crippen LogP contribution in [-0.4, -0.2) is 24.3 Å². The minimum absolute atomic E-state index is 0.118. The van der Waals surface area contributed by atoms with E-state index in [-0.39, 0.29) is 11.0 Å². The average molecular weight is 386 g/mol. The molecule has 2 aromatic heterocycles. The quantitative estimate of drug-likeness (QED) is 0.554. The lowest BCUT2D eigenvalue weighted by atomic mass is 9.67. The maximum Gasteiger partial charge on any atom is 0.132 e. The zero-order valence-corrected chi connectivity index (χ0v) is 17.2. The summed E-state index contributed by atoms with van der Waals surface area (Å²) in [5.41, 5.74) is 1.59. The summed E-state index contributed by atoms with van der Waals surface area (Å²) in [6.07, 6.45) is 14.1. The Balaban J connectivity index is 1.46. The largest absolute Gasteiger partial charge is 0.496 e. The van der Waals surface area contributed by atoms with Crippen molar-refractivity contribution in [2.45, 2.75) is 75.2 Å². The van der Waals surface area contributed by atoms with Crippen LogP contribution in [0.4, 0.5) is 0 Å². The number of nitrogens with zero attached hydrogens (tertiary/aromatic N) is 1. The summed E-state index contributed by atoms with van der Waals surface area (Å²) in [5.74, 6) is 1.05. The molecule has 2 aromatic rings. The number of thiophene rings is 1. The van der Waals surface area contributed by atoms with Crippen LogP contribution in [0.1, 0.15) is 68.4 Å². The van der Waals surface area contributed by atoms with Crippen LogP contribution in [0.2, 0.25) is 0 Å². The van der Waals surface area contributed by atoms with Gasteiger partial charge in [-0.3, -0.25) is 4.98 Å². The number of pyridine rings is 1. The van der Waals surface area contributed by atoms with Gasteiger partial charge in [0, 0.05) is 28.8 Å². The molecule has 1 spiro atoms. The fraction of sp³-hybridized carbons (Fsp3) is 0.609. The van der Waals surface area contributed by atoms with E-state index < -0.39 is 0 Å². The minimum Gasteiger partial charge on any atom is -0.496 e. The third kappa shape index (κ3) is 4.07. The molecule has 27 heavy (non-hydrogen) atoms. The second-order valence-electron chi connectivity index (χ2n) is 8.28. The number of hydrogen-bond donors (Lipinski definition) is 0. The third-order valence-electron chi connectivity index (χ3n) is 6.61. The summed E-state index contributed by atoms with van der Waals surface area (Å²) in [7, 11) is 1.77. The first-order valence-electron chi connectivity index (χ1n) is 10.4. The van der Waals surface area contributed by atoms with E-state index in [0.717, 1.165) is 31.6 Å². The average Bonchev–Trinajstić information content (AvgIpc) is 3.35. The van der Waals surface area contributed by atoms with Crippen molar-refractivity contribution < 1.29 is 9.47 Å². The molecule has 0 unspecified atom stereocenters. The molecule has 0 radical (unpaired) electrons. The highest BCUT2D eigenvalue weighted by Gasteiger charge is 2.48. The second-order valence-corrected chi connectivity index (χ2v) is 9.28. The number of rotatable bonds is 7. The molecule has 146 valence electrons. The summed E-state index contributed by atoms with van der Waals surface area (Å²) in [5, 5.41) is 2.13. The lowest BCUT2D eigenvalue weighted by Gasteiger charge is -2.46. The third-order valence-corrected chi connectivity index (χ3v) is 7.57. The lowest BCUT2D eigenvalue weighted by Crippen LogP contribution is -2.46. The normalized spacial score (nSPS) is 24.3. The number of ether oxygens (including phenoxy) is 2. The summed E-state index contributed by atoms with van der Waals surface area (Å²) < 4.78 is 11.8. The molecular weight excluding hydrogens is 354 g/mol. The van der Waals surface area contributed by atoms with Gasteiger partial charge in [0.15, 0.2) is 0 Å². The Kier molecular flexibility index (Phi) is 5.84. The van der Waals surface area contributed by atoms with Gasteiger partial charge in [0.1, 0.15) is 5.75 Å². The first kappa shape index (κ1) is 18.9. The first-order valence-corrected chi connectivity index (χ1v) is 11.3. The minimum atomic E-state index is 0.118. The topological polar surface area (TPSA) is 31.4 Å². The molecule has 2 fully saturated rings. The molecule has 4 heteroatoms. The van der Waals surface area contributed by atoms with E-state index in [1.165, 1.54) is 55.5 Å². The van der Waals surface area contributed by atoms with Gasteiger partial charge in [-0.25, -0.2) is 0 Å². The number of aryl methyl sites for hydroxylation is 1. The van der Waals surface area contributed by atoms with Crippen molar-refractivity contribution in [2.24, 2.45) is 0 Å². The fourth-order valence-electron chi connectivity index (χ4n) is 5.24. The van der Waals surface area contributed by atoms with Crippen LogP contribution >= 0.6 is 11.3 Å². The molecule has 3 heterocycles. The fourth-order valence-corrected chi connectivity index (χ4v) is 6.12. The highest BCUT2D eigenvalue weighted by molar-refractivity contribution is 7.10. The van der Waals surface area contributed by atoms with Crippen LogP contribution in [0.3, 0.4) is 0 Å². The van der Waals surface area contributed by atoms with Crippen molar-refractivity contribution in [1.82, 2.24) is 4.98 Å². The maximum absolute atomic E-state index is 6.36. The first-order chi connectivity index (χ1) is 13.3. The SMILES string of the molecule is COc1ccsc1CCCC[C@@]1(c2ccccn2)CCOC2(CCCC2)C1. The molecule has 0 N–H and O–H groups in total. The van der Waals surface area contributed by atoms with E-state index in [1.807, 2.05) is 23.6 Å². The van der Waals surface area contributed by atoms with Crippen LogP contribution < -0.4 is 4.74 Å². The van der Waals surface area contributed by atoms with Gasteiger partial charge in [0.2, 0.25) is 0 Å². The van der Waals surface area contributed by atoms with E-state index in [9.17, 15) is 0 Å². The predicted molar refractivity (Wildman–Crippen MR) is 111 cm³/mol. The predicted octanol–water partition coefficient (Wildman–Crippen LogP) is 5.93. The monoisotopic (exact) mass is 385 g/mol. The Labute approximate surface area is 167 Å². The standard InChI is InChI=1S/C23H31NO2S/c1-25-19-10-17-27-20(19)8-2-4-11-22(21-9-3-7-15-24-21)14-16-26-23(18-22)12-5-6-13-23/h3,7,9-10,15,17H,2,4-6,8,11-14,16,18H2,1H3/t22-/m1/s1. The van der Waals surface area contributed by atoms with Crippen molar-refractivity contribution in [3.8, 4) is 5.75 Å². The van der Waals surface area contributed by atoms with Gasteiger partial charge in [0.05, 0.1) is 12.7 Å². The molecule has 1 atom stereocenters. The van der Waals surface area contributed by atoms with Gasteiger partial charge in [-0.1, -0.05) is 25.3 Å². The molecule has 1 saturated carbocycles. The highest BCUT2D eigenvalue weighted by atomic mass is 32.1. The Morgan fingerprint density at radius 3 is 2.81 bits per heavy atom. The Hall–Kier alpha value is -1.39. The van der Waals surface area contributed by atoms with Crippen LogP contribution in [0, 0.1) is 0 Å². The summed E-state index contributed by atoms with van der Waals surface area (Å²) in [6, 6.07) is 8.51. The van der Waals surface area contributed by atoms with E-state index in [4.69, 9.17) is 14.5 Å². The van der Waals surface area contributed by atoms with Crippen LogP contribution in [0.25, 0.3) is 0 Å². The second kappa shape index (κ2) is 8.32. The number of aromatic nitrogens is 1. The van der Waals surface area contributed by atoms with Gasteiger partial charge in [-0.05, 0) is 68.5 Å². The Bertz CT molecular complexity index is 723. The molecule has 0 bridgehead atoms. The number of hydrogen-bond acceptors (Lipinski definition) is 4. The maximum atomic E-state index is 6.36. The molecule has 0 aromatic carbocycles. The lowest BCUT2D eigenvalue weighted by molar-refractivity contribution is -0.104. The molecule has 4 rings (SSSR count). The van der Waals surface area contributed by atoms with E-state index in [1.54, 1.807) is 7.11 Å². The van der Waals surface area contributed by atoms with Crippen LogP contribution in [-0.2, 0) is 16.6 Å². The van der Waals surface area contributed by atoms with Gasteiger partial charge in [0.25, 0.3) is 0 Å². The molecule has 1 aliphatic heterocycles. The van der Waals surface area contributed by atoms with Gasteiger partial charge < -0.3 is 9.47 Å². The molecule has 1 saturated heterocycles. The van der Waals surface area contributed by atoms with Crippen molar-refractivity contribution >= 4 is 11.3 Å². The summed E-state index contributed by atoms with van der Waals surface area (Å²) in [6.45, 7) is 0.884. The van der Waals surface area contributed by atoms with Crippen molar-refractivity contribution in [2.75, 3.05) is 13.7 Å². The van der Waals surface area contributed by atoms with E-state index in [2.05, 4.69) is 23.6 Å². The van der Waals surface area contributed by atoms with Crippen molar-refractivity contribution in [1.29, 1.82) is 0 Å². The van der Waals surface area contributed by atoms with Crippen LogP contribution in [0.15, 0.2) is 35.8 Å². The van der Waals surface area contributed by atoms with Gasteiger partial charge in [-0.2, -0.15) is 0 Å². The number of unbranched alkanes of at least 4 members (excludes halogenated alkanes) is 1. The Morgan fingerprint density at radius 1 is 1.15 bits per heavy atom. The molecule has 1 aliphatic carbocycles. The van der Waals surface area contributed by atoms with E-state index in [0.29, 0.717) is 0 Å². The summed E-state index contributed by atoms with van der Waals surface area (Å²) >= 11 is 1.81. The highest BCUT2D eigenvalue weighted by Crippen LogP contribution is 2.50. The Morgan fingerprint density at radius 2 is 2.04 bits per heavy atom. The zero-order valence-electron chi connectivity index (χ0n) is 16.4. The van der Waals surface area contributed by atoms with Crippen molar-refractivity contribution in [3.05, 3.63) is 46.4 Å². The summed E-state index contributed by atoms with van der Waals surface area (Å²) in [4.78, 5) is 6.19. The molecule has 0 amide bonds. The number of methoxy groups -OCH3 is 1. The molecule has 3 nitrogen and oxygen atoms in total. The zero-order chi connectivity index (χ0) is 18.6. The van der Waals surface area contributed by atoms with Crippen molar-refractivity contribution in [3.63, 3.8) is 0 Å². The molecular formula is C23H31NO2S. The molecule has 2 aliphatic rings. The van der Waals surface area contributed by atoms with Gasteiger partial charge >= 0.3 is 0 Å². The van der Waals surface area contributed by atoms with Gasteiger partial charge in [-0.15, -0.1) is 11.3 Å². The smallest absolute Gasteiger partial charge is 0.132 e.